The summed E-state index contributed by atoms with van der Waals surface area (Å²) in [4.78, 5) is 22.1. The van der Waals surface area contributed by atoms with Crippen molar-refractivity contribution in [2.75, 3.05) is 5.32 Å². The van der Waals surface area contributed by atoms with Crippen LogP contribution in [0.4, 0.5) is 11.4 Å². The van der Waals surface area contributed by atoms with Gasteiger partial charge in [0.2, 0.25) is 0 Å². The van der Waals surface area contributed by atoms with Gasteiger partial charge in [-0.2, -0.15) is 0 Å². The van der Waals surface area contributed by atoms with Gasteiger partial charge in [0.1, 0.15) is 5.69 Å². The zero-order chi connectivity index (χ0) is 14.0. The maximum atomic E-state index is 11.8. The number of nitro groups is 1. The fourth-order valence-corrected chi connectivity index (χ4v) is 1.87. The van der Waals surface area contributed by atoms with Crippen LogP contribution in [0.1, 0.15) is 10.6 Å². The van der Waals surface area contributed by atoms with E-state index in [9.17, 15) is 14.9 Å². The van der Waals surface area contributed by atoms with Gasteiger partial charge in [0.15, 0.2) is 10.4 Å². The molecule has 0 saturated heterocycles. The smallest absolute Gasteiger partial charge is 0.292 e. The van der Waals surface area contributed by atoms with Gasteiger partial charge in [-0.3, -0.25) is 14.9 Å². The highest BCUT2D eigenvalue weighted by atomic mass is 79.9. The van der Waals surface area contributed by atoms with Gasteiger partial charge in [0.05, 0.1) is 4.92 Å². The van der Waals surface area contributed by atoms with Crippen molar-refractivity contribution in [1.82, 2.24) is 0 Å². The maximum Gasteiger partial charge on any atom is 0.292 e. The van der Waals surface area contributed by atoms with Gasteiger partial charge in [-0.1, -0.05) is 11.6 Å². The number of anilines is 1. The minimum absolute atomic E-state index is 0.00928. The Kier molecular flexibility index (Phi) is 3.87. The van der Waals surface area contributed by atoms with E-state index in [1.165, 1.54) is 24.3 Å². The van der Waals surface area contributed by atoms with Crippen LogP contribution in [0.3, 0.4) is 0 Å². The molecule has 0 radical (unpaired) electrons. The standard InChI is InChI=1S/C11H6BrClN2O4/c12-10-4-3-9(19-10)11(16)14-7-5-6(13)1-2-8(7)15(17)18/h1-5H,(H,14,16). The van der Waals surface area contributed by atoms with E-state index >= 15 is 0 Å². The van der Waals surface area contributed by atoms with Crippen molar-refractivity contribution in [3.8, 4) is 0 Å². The van der Waals surface area contributed by atoms with Gasteiger partial charge in [0, 0.05) is 11.1 Å². The molecule has 19 heavy (non-hydrogen) atoms. The van der Waals surface area contributed by atoms with Gasteiger partial charge in [-0.25, -0.2) is 0 Å². The van der Waals surface area contributed by atoms with Gasteiger partial charge < -0.3 is 9.73 Å². The fraction of sp³-hybridized carbons (Fsp3) is 0. The van der Waals surface area contributed by atoms with Crippen LogP contribution in [0.15, 0.2) is 39.4 Å². The van der Waals surface area contributed by atoms with E-state index in [1.54, 1.807) is 6.07 Å². The molecule has 2 aromatic rings. The number of rotatable bonds is 3. The molecule has 0 aliphatic heterocycles. The van der Waals surface area contributed by atoms with Crippen LogP contribution in [0.25, 0.3) is 0 Å². The first-order valence-electron chi connectivity index (χ1n) is 4.98. The van der Waals surface area contributed by atoms with Crippen molar-refractivity contribution < 1.29 is 14.1 Å². The number of carbonyl (C=O) groups is 1. The summed E-state index contributed by atoms with van der Waals surface area (Å²) in [6.45, 7) is 0. The Balaban J connectivity index is 2.30. The first kappa shape index (κ1) is 13.6. The zero-order valence-electron chi connectivity index (χ0n) is 9.22. The first-order valence-corrected chi connectivity index (χ1v) is 6.15. The Morgan fingerprint density at radius 2 is 2.11 bits per heavy atom. The Hall–Kier alpha value is -1.86. The van der Waals surface area contributed by atoms with Crippen LogP contribution in [0.5, 0.6) is 0 Å². The van der Waals surface area contributed by atoms with E-state index in [2.05, 4.69) is 21.2 Å². The molecule has 1 heterocycles. The van der Waals surface area contributed by atoms with E-state index in [4.69, 9.17) is 16.0 Å². The molecule has 0 fully saturated rings. The van der Waals surface area contributed by atoms with E-state index in [-0.39, 0.29) is 22.2 Å². The van der Waals surface area contributed by atoms with Crippen LogP contribution in [-0.2, 0) is 0 Å². The molecule has 2 rings (SSSR count). The van der Waals surface area contributed by atoms with E-state index in [0.29, 0.717) is 4.67 Å². The molecule has 0 unspecified atom stereocenters. The molecule has 1 amide bonds. The van der Waals surface area contributed by atoms with Crippen molar-refractivity contribution in [2.24, 2.45) is 0 Å². The fourth-order valence-electron chi connectivity index (χ4n) is 1.39. The van der Waals surface area contributed by atoms with E-state index < -0.39 is 10.8 Å². The number of halogens is 2. The van der Waals surface area contributed by atoms with Gasteiger partial charge in [-0.05, 0) is 40.2 Å². The van der Waals surface area contributed by atoms with Crippen molar-refractivity contribution in [3.63, 3.8) is 0 Å². The number of amides is 1. The topological polar surface area (TPSA) is 85.4 Å². The summed E-state index contributed by atoms with van der Waals surface area (Å²) in [7, 11) is 0. The summed E-state index contributed by atoms with van der Waals surface area (Å²) in [5, 5.41) is 13.5. The van der Waals surface area contributed by atoms with E-state index in [1.807, 2.05) is 0 Å². The summed E-state index contributed by atoms with van der Waals surface area (Å²) in [5.41, 5.74) is -0.238. The number of nitrogens with one attached hydrogen (secondary N) is 1. The molecule has 0 aliphatic carbocycles. The van der Waals surface area contributed by atoms with E-state index in [0.717, 1.165) is 0 Å². The molecule has 0 atom stereocenters. The third kappa shape index (κ3) is 3.12. The van der Waals surface area contributed by atoms with Crippen molar-refractivity contribution >= 4 is 44.8 Å². The lowest BCUT2D eigenvalue weighted by Crippen LogP contribution is -2.12. The molecule has 1 N–H and O–H groups in total. The number of benzene rings is 1. The predicted octanol–water partition coefficient (Wildman–Crippen LogP) is 3.86. The van der Waals surface area contributed by atoms with Gasteiger partial charge in [0.25, 0.3) is 11.6 Å². The molecule has 0 spiro atoms. The van der Waals surface area contributed by atoms with Crippen LogP contribution >= 0.6 is 27.5 Å². The Morgan fingerprint density at radius 1 is 1.37 bits per heavy atom. The highest BCUT2D eigenvalue weighted by Crippen LogP contribution is 2.28. The molecule has 0 saturated carbocycles. The summed E-state index contributed by atoms with van der Waals surface area (Å²) >= 11 is 8.81. The summed E-state index contributed by atoms with van der Waals surface area (Å²) in [5.74, 6) is -0.572. The van der Waals surface area contributed by atoms with Crippen molar-refractivity contribution in [1.29, 1.82) is 0 Å². The first-order chi connectivity index (χ1) is 8.97. The Bertz CT molecular complexity index is 656. The minimum Gasteiger partial charge on any atom is -0.444 e. The lowest BCUT2D eigenvalue weighted by atomic mass is 10.2. The van der Waals surface area contributed by atoms with Crippen LogP contribution < -0.4 is 5.32 Å². The van der Waals surface area contributed by atoms with Crippen molar-refractivity contribution in [2.45, 2.75) is 0 Å². The van der Waals surface area contributed by atoms with Crippen LogP contribution in [-0.4, -0.2) is 10.8 Å². The van der Waals surface area contributed by atoms with Gasteiger partial charge in [-0.15, -0.1) is 0 Å². The largest absolute Gasteiger partial charge is 0.444 e. The molecule has 0 bridgehead atoms. The highest BCUT2D eigenvalue weighted by molar-refractivity contribution is 9.10. The summed E-state index contributed by atoms with van der Waals surface area (Å²) in [6.07, 6.45) is 0. The molecule has 6 nitrogen and oxygen atoms in total. The third-order valence-corrected chi connectivity index (χ3v) is 2.86. The Labute approximate surface area is 120 Å². The molecular formula is C11H6BrClN2O4. The minimum atomic E-state index is -0.607. The molecule has 1 aromatic heterocycles. The molecule has 8 heteroatoms. The molecular weight excluding hydrogens is 339 g/mol. The SMILES string of the molecule is O=C(Nc1cc(Cl)ccc1[N+](=O)[O-])c1ccc(Br)o1. The molecule has 0 aliphatic rings. The number of hydrogen-bond acceptors (Lipinski definition) is 4. The molecule has 1 aromatic carbocycles. The second-order valence-electron chi connectivity index (χ2n) is 3.48. The lowest BCUT2D eigenvalue weighted by Gasteiger charge is -2.04. The number of nitro benzene ring substituents is 1. The third-order valence-electron chi connectivity index (χ3n) is 2.20. The number of hydrogen-bond donors (Lipinski definition) is 1. The average molecular weight is 346 g/mol. The Morgan fingerprint density at radius 3 is 2.68 bits per heavy atom. The number of nitrogens with zero attached hydrogens (tertiary/aromatic N) is 1. The monoisotopic (exact) mass is 344 g/mol. The second kappa shape index (κ2) is 5.41. The second-order valence-corrected chi connectivity index (χ2v) is 4.69. The normalized spacial score (nSPS) is 10.2. The summed E-state index contributed by atoms with van der Waals surface area (Å²) in [6, 6.07) is 6.88. The highest BCUT2D eigenvalue weighted by Gasteiger charge is 2.18. The number of furan rings is 1. The molecule has 98 valence electrons. The predicted molar refractivity (Wildman–Crippen MR) is 72.5 cm³/mol. The summed E-state index contributed by atoms with van der Waals surface area (Å²) < 4.78 is 5.44. The number of carbonyl (C=O) groups excluding carboxylic acids is 1. The quantitative estimate of drug-likeness (QED) is 0.676. The lowest BCUT2D eigenvalue weighted by molar-refractivity contribution is -0.383. The zero-order valence-corrected chi connectivity index (χ0v) is 11.6. The van der Waals surface area contributed by atoms with Crippen LogP contribution in [0.2, 0.25) is 5.02 Å². The van der Waals surface area contributed by atoms with Gasteiger partial charge >= 0.3 is 0 Å². The van der Waals surface area contributed by atoms with Crippen LogP contribution in [0, 0.1) is 10.1 Å². The average Bonchev–Trinajstić information content (AvgIpc) is 2.75. The van der Waals surface area contributed by atoms with Crippen molar-refractivity contribution in [3.05, 3.63) is 55.9 Å². The maximum absolute atomic E-state index is 11.8.